The lowest BCUT2D eigenvalue weighted by molar-refractivity contribution is 0.0681. The lowest BCUT2D eigenvalue weighted by Crippen LogP contribution is -2.40. The van der Waals surface area contributed by atoms with Gasteiger partial charge in [-0.2, -0.15) is 0 Å². The fraction of sp³-hybridized carbons (Fsp3) is 0.240. The molecular weight excluding hydrogens is 465 g/mol. The third-order valence-electron chi connectivity index (χ3n) is 5.72. The van der Waals surface area contributed by atoms with Gasteiger partial charge in [0.2, 0.25) is 0 Å². The number of carbonyl (C=O) groups excluding carboxylic acids is 1. The molecule has 4 nitrogen and oxygen atoms in total. The van der Waals surface area contributed by atoms with Crippen LogP contribution in [0, 0.1) is 6.92 Å². The summed E-state index contributed by atoms with van der Waals surface area (Å²) < 4.78 is 24.2. The van der Waals surface area contributed by atoms with Crippen molar-refractivity contribution in [2.75, 3.05) is 11.5 Å². The number of rotatable bonds is 5. The van der Waals surface area contributed by atoms with Gasteiger partial charge in [-0.05, 0) is 48.7 Å². The van der Waals surface area contributed by atoms with Crippen molar-refractivity contribution in [2.45, 2.75) is 25.9 Å². The lowest BCUT2D eigenvalue weighted by Gasteiger charge is -2.29. The van der Waals surface area contributed by atoms with Crippen LogP contribution in [0.5, 0.6) is 0 Å². The molecule has 7 heteroatoms. The van der Waals surface area contributed by atoms with E-state index in [4.69, 9.17) is 23.2 Å². The predicted octanol–water partition coefficient (Wildman–Crippen LogP) is 5.80. The number of aryl methyl sites for hydroxylation is 1. The Labute approximate surface area is 198 Å². The summed E-state index contributed by atoms with van der Waals surface area (Å²) in [4.78, 5) is 15.1. The molecule has 0 N–H and O–H groups in total. The Balaban J connectivity index is 1.61. The minimum Gasteiger partial charge on any atom is -0.330 e. The van der Waals surface area contributed by atoms with Crippen LogP contribution in [0.1, 0.15) is 27.9 Å². The van der Waals surface area contributed by atoms with E-state index in [0.717, 1.165) is 22.3 Å². The number of nitrogens with zero attached hydrogens (tertiary/aromatic N) is 1. The van der Waals surface area contributed by atoms with Crippen molar-refractivity contribution in [1.82, 2.24) is 4.90 Å². The molecule has 32 heavy (non-hydrogen) atoms. The average Bonchev–Trinajstić information content (AvgIpc) is 3.11. The van der Waals surface area contributed by atoms with E-state index in [-0.39, 0.29) is 23.5 Å². The van der Waals surface area contributed by atoms with E-state index in [1.165, 1.54) is 0 Å². The maximum Gasteiger partial charge on any atom is 0.254 e. The summed E-state index contributed by atoms with van der Waals surface area (Å²) >= 11 is 12.3. The number of sulfone groups is 1. The van der Waals surface area contributed by atoms with Crippen LogP contribution >= 0.6 is 23.2 Å². The number of benzene rings is 3. The molecule has 0 bridgehead atoms. The molecule has 166 valence electrons. The fourth-order valence-corrected chi connectivity index (χ4v) is 6.29. The van der Waals surface area contributed by atoms with Gasteiger partial charge in [-0.1, -0.05) is 71.2 Å². The number of halogens is 2. The molecule has 1 unspecified atom stereocenters. The first-order chi connectivity index (χ1) is 15.2. The molecule has 1 aliphatic rings. The summed E-state index contributed by atoms with van der Waals surface area (Å²) in [6.07, 6.45) is 0.457. The largest absolute Gasteiger partial charge is 0.330 e. The molecule has 4 rings (SSSR count). The third kappa shape index (κ3) is 5.17. The highest BCUT2D eigenvalue weighted by atomic mass is 35.5. The average molecular weight is 488 g/mol. The molecule has 1 heterocycles. The summed E-state index contributed by atoms with van der Waals surface area (Å²) in [5.41, 5.74) is 4.29. The van der Waals surface area contributed by atoms with Crippen LogP contribution in [0.2, 0.25) is 10.0 Å². The minimum atomic E-state index is -3.13. The first-order valence-corrected chi connectivity index (χ1v) is 12.9. The Hall–Kier alpha value is -2.34. The van der Waals surface area contributed by atoms with Crippen molar-refractivity contribution < 1.29 is 13.2 Å². The van der Waals surface area contributed by atoms with Gasteiger partial charge in [0, 0.05) is 33.8 Å². The van der Waals surface area contributed by atoms with Gasteiger partial charge < -0.3 is 4.90 Å². The van der Waals surface area contributed by atoms with Crippen molar-refractivity contribution >= 4 is 38.9 Å². The lowest BCUT2D eigenvalue weighted by atomic mass is 10.0. The predicted molar refractivity (Wildman–Crippen MR) is 130 cm³/mol. The van der Waals surface area contributed by atoms with E-state index in [9.17, 15) is 13.2 Å². The summed E-state index contributed by atoms with van der Waals surface area (Å²) in [6.45, 7) is 2.27. The smallest absolute Gasteiger partial charge is 0.254 e. The topological polar surface area (TPSA) is 54.5 Å². The molecule has 1 amide bonds. The van der Waals surface area contributed by atoms with Crippen LogP contribution in [0.25, 0.3) is 11.1 Å². The van der Waals surface area contributed by atoms with Crippen molar-refractivity contribution in [2.24, 2.45) is 0 Å². The summed E-state index contributed by atoms with van der Waals surface area (Å²) in [7, 11) is -3.13. The molecule has 1 fully saturated rings. The van der Waals surface area contributed by atoms with E-state index in [0.29, 0.717) is 28.6 Å². The van der Waals surface area contributed by atoms with Gasteiger partial charge in [-0.15, -0.1) is 0 Å². The number of amides is 1. The van der Waals surface area contributed by atoms with E-state index in [1.54, 1.807) is 23.1 Å². The van der Waals surface area contributed by atoms with Crippen LogP contribution in [-0.2, 0) is 16.4 Å². The highest BCUT2D eigenvalue weighted by molar-refractivity contribution is 7.91. The first-order valence-electron chi connectivity index (χ1n) is 10.3. The third-order valence-corrected chi connectivity index (χ3v) is 8.02. The van der Waals surface area contributed by atoms with Gasteiger partial charge in [-0.3, -0.25) is 4.79 Å². The van der Waals surface area contributed by atoms with E-state index >= 15 is 0 Å². The Kier molecular flexibility index (Phi) is 6.61. The zero-order chi connectivity index (χ0) is 22.9. The van der Waals surface area contributed by atoms with Crippen molar-refractivity contribution in [3.63, 3.8) is 0 Å². The normalized spacial score (nSPS) is 17.3. The van der Waals surface area contributed by atoms with Crippen LogP contribution < -0.4 is 0 Å². The van der Waals surface area contributed by atoms with E-state index in [2.05, 4.69) is 0 Å². The molecule has 0 saturated carbocycles. The van der Waals surface area contributed by atoms with Crippen LogP contribution in [-0.4, -0.2) is 36.8 Å². The van der Waals surface area contributed by atoms with Crippen molar-refractivity contribution in [3.05, 3.63) is 93.5 Å². The number of hydrogen-bond donors (Lipinski definition) is 0. The Morgan fingerprint density at radius 2 is 1.78 bits per heavy atom. The molecular formula is C25H23Cl2NO3S. The van der Waals surface area contributed by atoms with Gasteiger partial charge in [0.25, 0.3) is 5.91 Å². The Bertz CT molecular complexity index is 1260. The second-order valence-corrected chi connectivity index (χ2v) is 11.3. The van der Waals surface area contributed by atoms with Crippen molar-refractivity contribution in [1.29, 1.82) is 0 Å². The van der Waals surface area contributed by atoms with E-state index in [1.807, 2.05) is 55.5 Å². The molecule has 3 aromatic carbocycles. The molecule has 1 saturated heterocycles. The van der Waals surface area contributed by atoms with Gasteiger partial charge in [0.05, 0.1) is 11.5 Å². The van der Waals surface area contributed by atoms with E-state index < -0.39 is 9.84 Å². The molecule has 1 aliphatic heterocycles. The quantitative estimate of drug-likeness (QED) is 0.456. The van der Waals surface area contributed by atoms with Gasteiger partial charge in [-0.25, -0.2) is 8.42 Å². The van der Waals surface area contributed by atoms with Crippen LogP contribution in [0.3, 0.4) is 0 Å². The van der Waals surface area contributed by atoms with Crippen LogP contribution in [0.4, 0.5) is 0 Å². The highest BCUT2D eigenvalue weighted by Crippen LogP contribution is 2.31. The van der Waals surface area contributed by atoms with Gasteiger partial charge in [0.15, 0.2) is 9.84 Å². The molecule has 0 spiro atoms. The molecule has 0 aliphatic carbocycles. The van der Waals surface area contributed by atoms with Crippen molar-refractivity contribution in [3.8, 4) is 11.1 Å². The molecule has 0 radical (unpaired) electrons. The number of carbonyl (C=O) groups is 1. The highest BCUT2D eigenvalue weighted by Gasteiger charge is 2.35. The zero-order valence-electron chi connectivity index (χ0n) is 17.6. The zero-order valence-corrected chi connectivity index (χ0v) is 19.9. The molecule has 1 atom stereocenters. The summed E-state index contributed by atoms with van der Waals surface area (Å²) in [6, 6.07) is 20.2. The summed E-state index contributed by atoms with van der Waals surface area (Å²) in [5.74, 6) is -0.0349. The Morgan fingerprint density at radius 3 is 2.41 bits per heavy atom. The maximum absolute atomic E-state index is 13.4. The van der Waals surface area contributed by atoms with Crippen LogP contribution in [0.15, 0.2) is 66.7 Å². The van der Waals surface area contributed by atoms with Gasteiger partial charge >= 0.3 is 0 Å². The maximum atomic E-state index is 13.4. The summed E-state index contributed by atoms with van der Waals surface area (Å²) in [5, 5.41) is 1.14. The molecule has 3 aromatic rings. The number of hydrogen-bond acceptors (Lipinski definition) is 3. The second-order valence-electron chi connectivity index (χ2n) is 8.18. The minimum absolute atomic E-state index is 0.00300. The fourth-order valence-electron chi connectivity index (χ4n) is 4.04. The SMILES string of the molecule is Cc1cccc(C(=O)N(Cc2ccc(-c3ccc(Cl)cc3Cl)cc2)C2CCS(=O)(=O)C2)c1. The molecule has 0 aromatic heterocycles. The monoisotopic (exact) mass is 487 g/mol. The second kappa shape index (κ2) is 9.26. The standard InChI is InChI=1S/C25H23Cl2NO3S/c1-17-3-2-4-20(13-17)25(29)28(22-11-12-32(30,31)16-22)15-18-5-7-19(8-6-18)23-10-9-21(26)14-24(23)27/h2-10,13-14,22H,11-12,15-16H2,1H3. The van der Waals surface area contributed by atoms with Gasteiger partial charge in [0.1, 0.15) is 0 Å². The first kappa shape index (κ1) is 22.8. The Morgan fingerprint density at radius 1 is 1.03 bits per heavy atom.